The van der Waals surface area contributed by atoms with E-state index in [1.807, 2.05) is 0 Å². The fourth-order valence-electron chi connectivity index (χ4n) is 1.57. The predicted molar refractivity (Wildman–Crippen MR) is 70.5 cm³/mol. The van der Waals surface area contributed by atoms with Crippen molar-refractivity contribution < 1.29 is 8.42 Å². The van der Waals surface area contributed by atoms with E-state index in [4.69, 9.17) is 0 Å². The fourth-order valence-corrected chi connectivity index (χ4v) is 2.46. The SMILES string of the molecule is CCCC(C)CNC(C)(C)CCS(C)(=O)=O. The molecule has 1 atom stereocenters. The van der Waals surface area contributed by atoms with Gasteiger partial charge in [0, 0.05) is 11.8 Å². The summed E-state index contributed by atoms with van der Waals surface area (Å²) in [4.78, 5) is 0. The normalized spacial score (nSPS) is 15.1. The molecule has 0 aromatic rings. The molecule has 3 nitrogen and oxygen atoms in total. The molecule has 0 rings (SSSR count). The molecule has 0 spiro atoms. The van der Waals surface area contributed by atoms with E-state index < -0.39 is 9.84 Å². The molecule has 0 aromatic heterocycles. The van der Waals surface area contributed by atoms with Gasteiger partial charge in [-0.05, 0) is 39.2 Å². The third-order valence-corrected chi connectivity index (χ3v) is 3.75. The molecule has 0 aliphatic heterocycles. The molecule has 16 heavy (non-hydrogen) atoms. The lowest BCUT2D eigenvalue weighted by Gasteiger charge is -2.28. The van der Waals surface area contributed by atoms with Crippen molar-refractivity contribution in [1.29, 1.82) is 0 Å². The second-order valence-corrected chi connectivity index (χ2v) is 7.80. The largest absolute Gasteiger partial charge is 0.311 e. The second kappa shape index (κ2) is 6.60. The monoisotopic (exact) mass is 249 g/mol. The van der Waals surface area contributed by atoms with Gasteiger partial charge in [-0.25, -0.2) is 8.42 Å². The zero-order valence-corrected chi connectivity index (χ0v) is 12.2. The Balaban J connectivity index is 3.95. The fraction of sp³-hybridized carbons (Fsp3) is 1.00. The molecule has 0 saturated heterocycles. The molecule has 0 aliphatic rings. The Labute approximate surface area is 101 Å². The topological polar surface area (TPSA) is 46.2 Å². The molecule has 1 unspecified atom stereocenters. The summed E-state index contributed by atoms with van der Waals surface area (Å²) in [6.07, 6.45) is 4.38. The summed E-state index contributed by atoms with van der Waals surface area (Å²) in [6.45, 7) is 9.51. The molecule has 0 fully saturated rings. The first-order valence-corrected chi connectivity index (χ1v) is 8.15. The molecular weight excluding hydrogens is 222 g/mol. The highest BCUT2D eigenvalue weighted by Gasteiger charge is 2.19. The summed E-state index contributed by atoms with van der Waals surface area (Å²) in [6, 6.07) is 0. The van der Waals surface area contributed by atoms with Crippen molar-refractivity contribution in [3.63, 3.8) is 0 Å². The van der Waals surface area contributed by atoms with E-state index in [9.17, 15) is 8.42 Å². The average Bonchev–Trinajstić information content (AvgIpc) is 2.12. The predicted octanol–water partition coefficient (Wildman–Crippen LogP) is 2.23. The Morgan fingerprint density at radius 3 is 2.31 bits per heavy atom. The highest BCUT2D eigenvalue weighted by molar-refractivity contribution is 7.90. The smallest absolute Gasteiger partial charge is 0.147 e. The van der Waals surface area contributed by atoms with Crippen LogP contribution in [-0.2, 0) is 9.84 Å². The van der Waals surface area contributed by atoms with E-state index in [0.29, 0.717) is 12.3 Å². The van der Waals surface area contributed by atoms with Crippen LogP contribution in [0.25, 0.3) is 0 Å². The van der Waals surface area contributed by atoms with Gasteiger partial charge >= 0.3 is 0 Å². The lowest BCUT2D eigenvalue weighted by atomic mass is 9.99. The highest BCUT2D eigenvalue weighted by atomic mass is 32.2. The minimum atomic E-state index is -2.85. The first kappa shape index (κ1) is 15.9. The van der Waals surface area contributed by atoms with Crippen molar-refractivity contribution >= 4 is 9.84 Å². The van der Waals surface area contributed by atoms with Gasteiger partial charge in [0.05, 0.1) is 5.75 Å². The maximum Gasteiger partial charge on any atom is 0.147 e. The van der Waals surface area contributed by atoms with Crippen molar-refractivity contribution in [1.82, 2.24) is 5.32 Å². The Morgan fingerprint density at radius 1 is 1.31 bits per heavy atom. The molecule has 98 valence electrons. The third kappa shape index (κ3) is 9.16. The van der Waals surface area contributed by atoms with E-state index >= 15 is 0 Å². The standard InChI is InChI=1S/C12H27NO2S/c1-6-7-11(2)10-13-12(3,4)8-9-16(5,14)15/h11,13H,6-10H2,1-5H3. The van der Waals surface area contributed by atoms with Crippen LogP contribution < -0.4 is 5.32 Å². The first-order valence-electron chi connectivity index (χ1n) is 6.09. The van der Waals surface area contributed by atoms with Gasteiger partial charge in [0.15, 0.2) is 0 Å². The number of nitrogens with one attached hydrogen (secondary N) is 1. The number of hydrogen-bond donors (Lipinski definition) is 1. The molecule has 0 heterocycles. The van der Waals surface area contributed by atoms with Gasteiger partial charge in [-0.1, -0.05) is 20.3 Å². The maximum absolute atomic E-state index is 11.1. The van der Waals surface area contributed by atoms with Gasteiger partial charge in [0.25, 0.3) is 0 Å². The van der Waals surface area contributed by atoms with Crippen LogP contribution >= 0.6 is 0 Å². The molecule has 0 bridgehead atoms. The van der Waals surface area contributed by atoms with E-state index in [2.05, 4.69) is 33.0 Å². The summed E-state index contributed by atoms with van der Waals surface area (Å²) in [5.41, 5.74) is -0.0922. The lowest BCUT2D eigenvalue weighted by molar-refractivity contribution is 0.338. The van der Waals surface area contributed by atoms with Gasteiger partial charge in [-0.15, -0.1) is 0 Å². The Kier molecular flexibility index (Phi) is 6.56. The first-order chi connectivity index (χ1) is 7.16. The maximum atomic E-state index is 11.1. The van der Waals surface area contributed by atoms with Crippen molar-refractivity contribution in [2.45, 2.75) is 52.5 Å². The molecule has 0 aromatic carbocycles. The number of sulfone groups is 1. The summed E-state index contributed by atoms with van der Waals surface area (Å²) < 4.78 is 22.2. The Bertz CT molecular complexity index is 283. The van der Waals surface area contributed by atoms with Crippen LogP contribution in [0, 0.1) is 5.92 Å². The van der Waals surface area contributed by atoms with Crippen molar-refractivity contribution in [3.05, 3.63) is 0 Å². The van der Waals surface area contributed by atoms with Gasteiger partial charge in [-0.2, -0.15) is 0 Å². The summed E-state index contributed by atoms with van der Waals surface area (Å²) in [7, 11) is -2.85. The minimum absolute atomic E-state index is 0.0922. The van der Waals surface area contributed by atoms with Gasteiger partial charge in [0.2, 0.25) is 0 Å². The molecule has 0 radical (unpaired) electrons. The second-order valence-electron chi connectivity index (χ2n) is 5.54. The third-order valence-electron chi connectivity index (χ3n) is 2.81. The van der Waals surface area contributed by atoms with Gasteiger partial charge in [0.1, 0.15) is 9.84 Å². The summed E-state index contributed by atoms with van der Waals surface area (Å²) >= 11 is 0. The van der Waals surface area contributed by atoms with Crippen LogP contribution in [0.5, 0.6) is 0 Å². The molecular formula is C12H27NO2S. The van der Waals surface area contributed by atoms with Gasteiger partial charge < -0.3 is 5.32 Å². The Hall–Kier alpha value is -0.0900. The van der Waals surface area contributed by atoms with Crippen LogP contribution in [0.15, 0.2) is 0 Å². The van der Waals surface area contributed by atoms with Crippen molar-refractivity contribution in [2.24, 2.45) is 5.92 Å². The van der Waals surface area contributed by atoms with E-state index in [1.54, 1.807) is 0 Å². The van der Waals surface area contributed by atoms with Crippen LogP contribution in [0.1, 0.15) is 47.0 Å². The van der Waals surface area contributed by atoms with Crippen LogP contribution in [-0.4, -0.2) is 32.5 Å². The van der Waals surface area contributed by atoms with Crippen LogP contribution in [0.2, 0.25) is 0 Å². The zero-order chi connectivity index (χ0) is 12.8. The number of hydrogen-bond acceptors (Lipinski definition) is 3. The van der Waals surface area contributed by atoms with Gasteiger partial charge in [-0.3, -0.25) is 0 Å². The number of rotatable bonds is 8. The van der Waals surface area contributed by atoms with E-state index in [-0.39, 0.29) is 11.3 Å². The lowest BCUT2D eigenvalue weighted by Crippen LogP contribution is -2.42. The minimum Gasteiger partial charge on any atom is -0.311 e. The van der Waals surface area contributed by atoms with Crippen molar-refractivity contribution in [3.8, 4) is 0 Å². The molecule has 0 amide bonds. The van der Waals surface area contributed by atoms with Crippen LogP contribution in [0.3, 0.4) is 0 Å². The van der Waals surface area contributed by atoms with E-state index in [1.165, 1.54) is 19.1 Å². The zero-order valence-electron chi connectivity index (χ0n) is 11.3. The van der Waals surface area contributed by atoms with E-state index in [0.717, 1.165) is 6.54 Å². The molecule has 1 N–H and O–H groups in total. The molecule has 4 heteroatoms. The Morgan fingerprint density at radius 2 is 1.88 bits per heavy atom. The average molecular weight is 249 g/mol. The molecule has 0 saturated carbocycles. The quantitative estimate of drug-likeness (QED) is 0.717. The molecule has 0 aliphatic carbocycles. The highest BCUT2D eigenvalue weighted by Crippen LogP contribution is 2.12. The summed E-state index contributed by atoms with van der Waals surface area (Å²) in [5, 5.41) is 3.45. The van der Waals surface area contributed by atoms with Crippen molar-refractivity contribution in [2.75, 3.05) is 18.6 Å². The van der Waals surface area contributed by atoms with Crippen LogP contribution in [0.4, 0.5) is 0 Å². The summed E-state index contributed by atoms with van der Waals surface area (Å²) in [5.74, 6) is 0.914.